The quantitative estimate of drug-likeness (QED) is 0.457. The molecule has 2 aromatic heterocycles. The second-order valence-electron chi connectivity index (χ2n) is 8.10. The molecule has 1 aliphatic heterocycles. The third-order valence-electron chi connectivity index (χ3n) is 5.84. The van der Waals surface area contributed by atoms with E-state index < -0.39 is 0 Å². The van der Waals surface area contributed by atoms with Gasteiger partial charge in [0.1, 0.15) is 6.54 Å². The van der Waals surface area contributed by atoms with Crippen LogP contribution in [0.1, 0.15) is 11.5 Å². The minimum Gasteiger partial charge on any atom is -0.408 e. The van der Waals surface area contributed by atoms with E-state index in [1.165, 1.54) is 0 Å². The van der Waals surface area contributed by atoms with Crippen molar-refractivity contribution < 1.29 is 9.21 Å². The second kappa shape index (κ2) is 9.19. The van der Waals surface area contributed by atoms with Crippen molar-refractivity contribution in [1.82, 2.24) is 24.9 Å². The maximum Gasteiger partial charge on any atom is 0.318 e. The summed E-state index contributed by atoms with van der Waals surface area (Å²) >= 11 is 0. The highest BCUT2D eigenvalue weighted by molar-refractivity contribution is 5.78. The number of aromatic nitrogens is 4. The molecule has 1 saturated heterocycles. The SMILES string of the molecule is Cc1nnc(N2CCN(C(=O)Cn3nc(-c4cccc(C#N)c4)cc3-c3ccccc3)CC2)o1. The van der Waals surface area contributed by atoms with Gasteiger partial charge in [0.25, 0.3) is 0 Å². The lowest BCUT2D eigenvalue weighted by Gasteiger charge is -2.33. The number of anilines is 1. The number of amides is 1. The molecule has 1 amide bonds. The first-order valence-electron chi connectivity index (χ1n) is 11.1. The van der Waals surface area contributed by atoms with Gasteiger partial charge in [0.2, 0.25) is 11.8 Å². The van der Waals surface area contributed by atoms with Crippen molar-refractivity contribution in [2.45, 2.75) is 13.5 Å². The molecular weight excluding hydrogens is 430 g/mol. The summed E-state index contributed by atoms with van der Waals surface area (Å²) in [7, 11) is 0. The van der Waals surface area contributed by atoms with Crippen LogP contribution in [-0.4, -0.2) is 57.0 Å². The van der Waals surface area contributed by atoms with Crippen LogP contribution in [0.25, 0.3) is 22.5 Å². The molecule has 0 N–H and O–H groups in total. The highest BCUT2D eigenvalue weighted by Gasteiger charge is 2.25. The standard InChI is InChI=1S/C25H23N7O2/c1-18-27-28-25(34-18)31-12-10-30(11-13-31)24(33)17-32-23(20-7-3-2-4-8-20)15-22(29-32)21-9-5-6-19(14-21)16-26/h2-9,14-15H,10-13,17H2,1H3. The maximum atomic E-state index is 13.2. The number of rotatable bonds is 5. The normalized spacial score (nSPS) is 13.6. The zero-order valence-electron chi connectivity index (χ0n) is 18.8. The van der Waals surface area contributed by atoms with E-state index in [9.17, 15) is 10.1 Å². The van der Waals surface area contributed by atoms with Gasteiger partial charge in [0.05, 0.1) is 23.0 Å². The first-order chi connectivity index (χ1) is 16.6. The highest BCUT2D eigenvalue weighted by atomic mass is 16.4. The first-order valence-corrected chi connectivity index (χ1v) is 11.1. The maximum absolute atomic E-state index is 13.2. The Morgan fingerprint density at radius 1 is 1.00 bits per heavy atom. The number of nitriles is 1. The molecule has 9 heteroatoms. The second-order valence-corrected chi connectivity index (χ2v) is 8.10. The number of piperazine rings is 1. The van der Waals surface area contributed by atoms with Crippen molar-refractivity contribution in [3.8, 4) is 28.6 Å². The summed E-state index contributed by atoms with van der Waals surface area (Å²) in [5.74, 6) is 0.524. The van der Waals surface area contributed by atoms with E-state index in [1.54, 1.807) is 17.7 Å². The number of benzene rings is 2. The van der Waals surface area contributed by atoms with Crippen molar-refractivity contribution in [1.29, 1.82) is 5.26 Å². The Labute approximate surface area is 196 Å². The molecule has 34 heavy (non-hydrogen) atoms. The summed E-state index contributed by atoms with van der Waals surface area (Å²) in [4.78, 5) is 17.0. The van der Waals surface area contributed by atoms with Crippen molar-refractivity contribution in [3.05, 3.63) is 72.1 Å². The van der Waals surface area contributed by atoms with Crippen LogP contribution in [0.5, 0.6) is 0 Å². The smallest absolute Gasteiger partial charge is 0.318 e. The third-order valence-corrected chi connectivity index (χ3v) is 5.84. The number of hydrogen-bond donors (Lipinski definition) is 0. The molecule has 9 nitrogen and oxygen atoms in total. The molecule has 1 aliphatic rings. The lowest BCUT2D eigenvalue weighted by Crippen LogP contribution is -2.49. The number of aryl methyl sites for hydroxylation is 1. The molecule has 3 heterocycles. The van der Waals surface area contributed by atoms with E-state index in [0.29, 0.717) is 43.6 Å². The van der Waals surface area contributed by atoms with Crippen molar-refractivity contribution in [2.75, 3.05) is 31.1 Å². The van der Waals surface area contributed by atoms with Crippen LogP contribution >= 0.6 is 0 Å². The van der Waals surface area contributed by atoms with E-state index in [-0.39, 0.29) is 12.5 Å². The molecule has 0 radical (unpaired) electrons. The van der Waals surface area contributed by atoms with Crippen LogP contribution in [0.15, 0.2) is 65.1 Å². The fourth-order valence-corrected chi connectivity index (χ4v) is 4.06. The topological polar surface area (TPSA) is 104 Å². The Morgan fingerprint density at radius 2 is 1.76 bits per heavy atom. The van der Waals surface area contributed by atoms with E-state index in [0.717, 1.165) is 22.5 Å². The van der Waals surface area contributed by atoms with Gasteiger partial charge >= 0.3 is 6.01 Å². The van der Waals surface area contributed by atoms with Gasteiger partial charge in [-0.3, -0.25) is 9.48 Å². The van der Waals surface area contributed by atoms with Gasteiger partial charge < -0.3 is 14.2 Å². The van der Waals surface area contributed by atoms with Crippen LogP contribution in [0.3, 0.4) is 0 Å². The largest absolute Gasteiger partial charge is 0.408 e. The number of hydrogen-bond acceptors (Lipinski definition) is 7. The van der Waals surface area contributed by atoms with Crippen LogP contribution in [0.4, 0.5) is 6.01 Å². The van der Waals surface area contributed by atoms with Gasteiger partial charge in [-0.15, -0.1) is 5.10 Å². The summed E-state index contributed by atoms with van der Waals surface area (Å²) in [6, 6.07) is 21.8. The van der Waals surface area contributed by atoms with Gasteiger partial charge in [0, 0.05) is 38.7 Å². The molecular formula is C25H23N7O2. The van der Waals surface area contributed by atoms with Crippen molar-refractivity contribution in [2.24, 2.45) is 0 Å². The molecule has 0 saturated carbocycles. The zero-order chi connectivity index (χ0) is 23.5. The van der Waals surface area contributed by atoms with E-state index in [2.05, 4.69) is 16.3 Å². The van der Waals surface area contributed by atoms with E-state index >= 15 is 0 Å². The van der Waals surface area contributed by atoms with E-state index in [1.807, 2.05) is 64.4 Å². The van der Waals surface area contributed by atoms with Crippen LogP contribution < -0.4 is 4.90 Å². The molecule has 1 fully saturated rings. The lowest BCUT2D eigenvalue weighted by molar-refractivity contribution is -0.132. The Bertz CT molecular complexity index is 1350. The summed E-state index contributed by atoms with van der Waals surface area (Å²) in [6.45, 7) is 4.28. The molecule has 0 atom stereocenters. The predicted molar refractivity (Wildman–Crippen MR) is 126 cm³/mol. The average molecular weight is 454 g/mol. The van der Waals surface area contributed by atoms with Gasteiger partial charge in [-0.05, 0) is 23.8 Å². The summed E-state index contributed by atoms with van der Waals surface area (Å²) in [5.41, 5.74) is 3.96. The fourth-order valence-electron chi connectivity index (χ4n) is 4.06. The molecule has 0 aliphatic carbocycles. The minimum absolute atomic E-state index is 0.000957. The Hall–Kier alpha value is -4.45. The van der Waals surface area contributed by atoms with Gasteiger partial charge in [-0.2, -0.15) is 10.4 Å². The molecule has 0 unspecified atom stereocenters. The van der Waals surface area contributed by atoms with Gasteiger partial charge in [0.15, 0.2) is 0 Å². The molecule has 0 bridgehead atoms. The van der Waals surface area contributed by atoms with Crippen LogP contribution in [-0.2, 0) is 11.3 Å². The molecule has 4 aromatic rings. The molecule has 5 rings (SSSR count). The third kappa shape index (κ3) is 4.38. The molecule has 0 spiro atoms. The van der Waals surface area contributed by atoms with E-state index in [4.69, 9.17) is 9.52 Å². The Balaban J connectivity index is 1.36. The predicted octanol–water partition coefficient (Wildman–Crippen LogP) is 3.13. The minimum atomic E-state index is -0.000957. The Kier molecular flexibility index (Phi) is 5.79. The van der Waals surface area contributed by atoms with Crippen LogP contribution in [0, 0.1) is 18.3 Å². The summed E-state index contributed by atoms with van der Waals surface area (Å²) < 4.78 is 7.26. The van der Waals surface area contributed by atoms with Crippen molar-refractivity contribution in [3.63, 3.8) is 0 Å². The number of nitrogens with zero attached hydrogens (tertiary/aromatic N) is 7. The summed E-state index contributed by atoms with van der Waals surface area (Å²) in [6.07, 6.45) is 0. The first kappa shape index (κ1) is 21.4. The highest BCUT2D eigenvalue weighted by Crippen LogP contribution is 2.27. The van der Waals surface area contributed by atoms with Crippen molar-refractivity contribution >= 4 is 11.9 Å². The number of carbonyl (C=O) groups excluding carboxylic acids is 1. The number of carbonyl (C=O) groups is 1. The zero-order valence-corrected chi connectivity index (χ0v) is 18.8. The van der Waals surface area contributed by atoms with Gasteiger partial charge in [-0.1, -0.05) is 47.6 Å². The lowest BCUT2D eigenvalue weighted by atomic mass is 10.1. The Morgan fingerprint density at radius 3 is 2.47 bits per heavy atom. The summed E-state index contributed by atoms with van der Waals surface area (Å²) in [5, 5.41) is 22.0. The molecule has 170 valence electrons. The fraction of sp³-hybridized carbons (Fsp3) is 0.240. The average Bonchev–Trinajstić information content (AvgIpc) is 3.51. The monoisotopic (exact) mass is 453 g/mol. The van der Waals surface area contributed by atoms with Crippen LogP contribution in [0.2, 0.25) is 0 Å². The molecule has 2 aromatic carbocycles. The van der Waals surface area contributed by atoms with Gasteiger partial charge in [-0.25, -0.2) is 0 Å².